The predicted octanol–water partition coefficient (Wildman–Crippen LogP) is 6.45. The summed E-state index contributed by atoms with van der Waals surface area (Å²) in [6, 6.07) is 22.7. The van der Waals surface area contributed by atoms with Gasteiger partial charge in [-0.3, -0.25) is 4.90 Å². The summed E-state index contributed by atoms with van der Waals surface area (Å²) < 4.78 is 11.8. The van der Waals surface area contributed by atoms with E-state index in [1.165, 1.54) is 27.8 Å². The molecule has 6 rings (SSSR count). The Morgan fingerprint density at radius 3 is 2.41 bits per heavy atom. The smallest absolute Gasteiger partial charge is 0.410 e. The minimum Gasteiger partial charge on any atom is -0.448 e. The molecule has 172 valence electrons. The maximum atomic E-state index is 13.3. The highest BCUT2D eigenvalue weighted by molar-refractivity contribution is 6.30. The lowest BCUT2D eigenvalue weighted by molar-refractivity contribution is -0.0331. The molecule has 2 aliphatic heterocycles. The molecule has 2 unspecified atom stereocenters. The van der Waals surface area contributed by atoms with Gasteiger partial charge in [0.05, 0.1) is 25.3 Å². The van der Waals surface area contributed by atoms with Gasteiger partial charge in [0.1, 0.15) is 6.61 Å². The second-order valence-electron chi connectivity index (χ2n) is 9.38. The van der Waals surface area contributed by atoms with Gasteiger partial charge in [-0.05, 0) is 64.4 Å². The van der Waals surface area contributed by atoms with Crippen LogP contribution in [0.5, 0.6) is 0 Å². The number of aryl methyl sites for hydroxylation is 1. The van der Waals surface area contributed by atoms with Crippen LogP contribution in [-0.4, -0.2) is 42.9 Å². The van der Waals surface area contributed by atoms with Crippen molar-refractivity contribution in [1.82, 2.24) is 4.90 Å². The predicted molar refractivity (Wildman–Crippen MR) is 134 cm³/mol. The molecule has 3 aromatic carbocycles. The Kier molecular flexibility index (Phi) is 5.43. The van der Waals surface area contributed by atoms with Crippen LogP contribution in [0.1, 0.15) is 34.6 Å². The average molecular weight is 472 g/mol. The summed E-state index contributed by atoms with van der Waals surface area (Å²) in [6.45, 7) is 3.36. The third kappa shape index (κ3) is 3.71. The average Bonchev–Trinajstić information content (AvgIpc) is 3.15. The van der Waals surface area contributed by atoms with Crippen LogP contribution in [0.15, 0.2) is 72.8 Å². The molecule has 1 aliphatic carbocycles. The Labute approximate surface area is 204 Å². The number of benzene rings is 3. The van der Waals surface area contributed by atoms with Crippen LogP contribution in [-0.2, 0) is 9.47 Å². The topological polar surface area (TPSA) is 38.8 Å². The number of halogens is 1. The van der Waals surface area contributed by atoms with Crippen molar-refractivity contribution in [2.45, 2.75) is 31.3 Å². The highest BCUT2D eigenvalue weighted by atomic mass is 35.5. The molecule has 3 aliphatic rings. The lowest BCUT2D eigenvalue weighted by atomic mass is 9.89. The molecule has 0 aromatic heterocycles. The minimum absolute atomic E-state index is 0.0475. The van der Waals surface area contributed by atoms with Crippen LogP contribution < -0.4 is 0 Å². The van der Waals surface area contributed by atoms with Crippen molar-refractivity contribution >= 4 is 23.3 Å². The minimum atomic E-state index is -0.266. The molecule has 5 heteroatoms. The molecule has 2 atom stereocenters. The summed E-state index contributed by atoms with van der Waals surface area (Å²) in [5, 5.41) is 0.733. The third-order valence-electron chi connectivity index (χ3n) is 7.16. The first-order chi connectivity index (χ1) is 16.6. The van der Waals surface area contributed by atoms with Gasteiger partial charge in [0, 0.05) is 10.9 Å². The van der Waals surface area contributed by atoms with E-state index in [1.54, 1.807) is 0 Å². The zero-order chi connectivity index (χ0) is 23.2. The zero-order valence-corrected chi connectivity index (χ0v) is 19.8. The molecule has 3 aromatic rings. The lowest BCUT2D eigenvalue weighted by Gasteiger charge is -2.44. The van der Waals surface area contributed by atoms with Gasteiger partial charge in [-0.15, -0.1) is 0 Å². The van der Waals surface area contributed by atoms with Crippen molar-refractivity contribution < 1.29 is 14.3 Å². The van der Waals surface area contributed by atoms with Gasteiger partial charge in [-0.1, -0.05) is 72.3 Å². The van der Waals surface area contributed by atoms with Gasteiger partial charge < -0.3 is 9.47 Å². The number of carbonyl (C=O) groups excluding carboxylic acids is 1. The number of hydrogen-bond donors (Lipinski definition) is 0. The van der Waals surface area contributed by atoms with E-state index in [4.69, 9.17) is 21.1 Å². The number of hydrogen-bond acceptors (Lipinski definition) is 3. The molecule has 0 spiro atoms. The van der Waals surface area contributed by atoms with Crippen LogP contribution >= 0.6 is 11.6 Å². The van der Waals surface area contributed by atoms with E-state index in [0.717, 1.165) is 22.6 Å². The van der Waals surface area contributed by atoms with Crippen molar-refractivity contribution in [2.75, 3.05) is 19.8 Å². The van der Waals surface area contributed by atoms with Crippen LogP contribution in [0.25, 0.3) is 16.7 Å². The molecule has 1 saturated heterocycles. The normalized spacial score (nSPS) is 21.0. The lowest BCUT2D eigenvalue weighted by Crippen LogP contribution is -2.56. The molecule has 0 N–H and O–H groups in total. The SMILES string of the molecule is Cc1cc(Cl)cc(C2=CC3COCC(C2)N3C(=O)OCC2c3ccccc3-c3ccccc32)c1. The molecule has 34 heavy (non-hydrogen) atoms. The quantitative estimate of drug-likeness (QED) is 0.440. The summed E-state index contributed by atoms with van der Waals surface area (Å²) in [7, 11) is 0. The molecule has 1 amide bonds. The van der Waals surface area contributed by atoms with Gasteiger partial charge in [0.25, 0.3) is 0 Å². The fourth-order valence-corrected chi connectivity index (χ4v) is 5.97. The van der Waals surface area contributed by atoms with Gasteiger partial charge in [-0.25, -0.2) is 4.79 Å². The van der Waals surface area contributed by atoms with Crippen LogP contribution in [0, 0.1) is 6.92 Å². The van der Waals surface area contributed by atoms with E-state index < -0.39 is 0 Å². The maximum Gasteiger partial charge on any atom is 0.410 e. The maximum absolute atomic E-state index is 13.3. The second kappa shape index (κ2) is 8.61. The van der Waals surface area contributed by atoms with E-state index in [-0.39, 0.29) is 24.1 Å². The van der Waals surface area contributed by atoms with E-state index in [2.05, 4.69) is 60.7 Å². The number of rotatable bonds is 3. The van der Waals surface area contributed by atoms with Crippen LogP contribution in [0.4, 0.5) is 4.79 Å². The first kappa shape index (κ1) is 21.5. The van der Waals surface area contributed by atoms with Crippen LogP contribution in [0.2, 0.25) is 5.02 Å². The summed E-state index contributed by atoms with van der Waals surface area (Å²) in [5.41, 5.74) is 8.36. The van der Waals surface area contributed by atoms with E-state index in [0.29, 0.717) is 19.8 Å². The molecular formula is C29H26ClNO3. The molecule has 4 nitrogen and oxygen atoms in total. The second-order valence-corrected chi connectivity index (χ2v) is 9.82. The summed E-state index contributed by atoms with van der Waals surface area (Å²) in [5.74, 6) is 0.0535. The Morgan fingerprint density at radius 1 is 1.03 bits per heavy atom. The molecule has 0 saturated carbocycles. The fraction of sp³-hybridized carbons (Fsp3) is 0.276. The van der Waals surface area contributed by atoms with Crippen molar-refractivity contribution in [3.05, 3.63) is 100 Å². The fourth-order valence-electron chi connectivity index (χ4n) is 5.68. The Morgan fingerprint density at radius 2 is 1.74 bits per heavy atom. The Bertz CT molecular complexity index is 1230. The molecular weight excluding hydrogens is 446 g/mol. The van der Waals surface area contributed by atoms with Crippen LogP contribution in [0.3, 0.4) is 0 Å². The van der Waals surface area contributed by atoms with Crippen molar-refractivity contribution in [3.63, 3.8) is 0 Å². The Hall–Kier alpha value is -3.08. The number of nitrogens with zero attached hydrogens (tertiary/aromatic N) is 1. The largest absolute Gasteiger partial charge is 0.448 e. The van der Waals surface area contributed by atoms with E-state index >= 15 is 0 Å². The molecule has 1 fully saturated rings. The monoisotopic (exact) mass is 471 g/mol. The van der Waals surface area contributed by atoms with Gasteiger partial charge in [0.2, 0.25) is 0 Å². The summed E-state index contributed by atoms with van der Waals surface area (Å²) >= 11 is 6.31. The number of amides is 1. The van der Waals surface area contributed by atoms with Crippen molar-refractivity contribution in [1.29, 1.82) is 0 Å². The van der Waals surface area contributed by atoms with Gasteiger partial charge >= 0.3 is 6.09 Å². The van der Waals surface area contributed by atoms with E-state index in [1.807, 2.05) is 24.0 Å². The van der Waals surface area contributed by atoms with Gasteiger partial charge in [0.15, 0.2) is 0 Å². The van der Waals surface area contributed by atoms with Crippen molar-refractivity contribution in [3.8, 4) is 11.1 Å². The molecule has 2 heterocycles. The van der Waals surface area contributed by atoms with E-state index in [9.17, 15) is 4.79 Å². The Balaban J connectivity index is 1.22. The van der Waals surface area contributed by atoms with Crippen molar-refractivity contribution in [2.24, 2.45) is 0 Å². The number of fused-ring (bicyclic) bond motifs is 5. The standard InChI is InChI=1S/C29H26ClNO3/c1-18-10-19(12-21(30)11-18)20-13-22-15-33-16-23(14-20)31(22)29(32)34-17-28-26-8-4-2-6-24(26)25-7-3-5-9-27(25)28/h2-13,22-23,28H,14-17H2,1H3. The zero-order valence-electron chi connectivity index (χ0n) is 19.0. The first-order valence-corrected chi connectivity index (χ1v) is 12.2. The number of carbonyl (C=O) groups is 1. The highest BCUT2D eigenvalue weighted by Gasteiger charge is 2.40. The van der Waals surface area contributed by atoms with Gasteiger partial charge in [-0.2, -0.15) is 0 Å². The number of morpholine rings is 1. The first-order valence-electron chi connectivity index (χ1n) is 11.8. The summed E-state index contributed by atoms with van der Waals surface area (Å²) in [6.07, 6.45) is 2.60. The third-order valence-corrected chi connectivity index (χ3v) is 7.38. The molecule has 2 bridgehead atoms. The summed E-state index contributed by atoms with van der Waals surface area (Å²) in [4.78, 5) is 15.2. The number of ether oxygens (including phenoxy) is 2. The molecule has 0 radical (unpaired) electrons. The highest BCUT2D eigenvalue weighted by Crippen LogP contribution is 2.44.